The summed E-state index contributed by atoms with van der Waals surface area (Å²) >= 11 is 3.27. The molecule has 0 aliphatic carbocycles. The van der Waals surface area contributed by atoms with E-state index in [9.17, 15) is 4.79 Å². The smallest absolute Gasteiger partial charge is 0.236 e. The molecule has 0 aromatic rings. The summed E-state index contributed by atoms with van der Waals surface area (Å²) in [4.78, 5) is 13.1. The fourth-order valence-corrected chi connectivity index (χ4v) is 1.36. The third kappa shape index (κ3) is 5.39. The molecule has 15 heavy (non-hydrogen) atoms. The van der Waals surface area contributed by atoms with Crippen LogP contribution in [0.2, 0.25) is 0 Å². The van der Waals surface area contributed by atoms with Crippen LogP contribution in [0.5, 0.6) is 0 Å². The summed E-state index contributed by atoms with van der Waals surface area (Å²) in [5, 5.41) is 16.9. The van der Waals surface area contributed by atoms with Crippen LogP contribution in [-0.2, 0) is 4.79 Å². The second kappa shape index (κ2) is 8.26. The Bertz CT molecular complexity index is 261. The van der Waals surface area contributed by atoms with Gasteiger partial charge in [-0.25, -0.2) is 0 Å². The van der Waals surface area contributed by atoms with Gasteiger partial charge in [0.25, 0.3) is 0 Å². The molecule has 0 fully saturated rings. The number of alkyl halides is 1. The molecule has 0 aliphatic rings. The lowest BCUT2D eigenvalue weighted by Crippen LogP contribution is -2.37. The highest BCUT2D eigenvalue weighted by molar-refractivity contribution is 9.10. The van der Waals surface area contributed by atoms with Crippen LogP contribution in [0.4, 0.5) is 0 Å². The summed E-state index contributed by atoms with van der Waals surface area (Å²) < 4.78 is 0. The second-order valence-corrected chi connectivity index (χ2v) is 4.12. The van der Waals surface area contributed by atoms with Gasteiger partial charge in [-0.2, -0.15) is 10.5 Å². The van der Waals surface area contributed by atoms with Crippen molar-refractivity contribution in [3.05, 3.63) is 0 Å². The highest BCUT2D eigenvalue weighted by atomic mass is 79.9. The third-order valence-electron chi connectivity index (χ3n) is 1.93. The fraction of sp³-hybridized carbons (Fsp3) is 0.700. The quantitative estimate of drug-likeness (QED) is 0.692. The van der Waals surface area contributed by atoms with Gasteiger partial charge in [-0.1, -0.05) is 22.9 Å². The molecule has 5 heteroatoms. The highest BCUT2D eigenvalue weighted by Crippen LogP contribution is 2.09. The average molecular weight is 272 g/mol. The van der Waals surface area contributed by atoms with Crippen LogP contribution in [0.3, 0.4) is 0 Å². The number of hydrogen-bond donors (Lipinski definition) is 0. The fourth-order valence-electron chi connectivity index (χ4n) is 1.07. The first-order valence-electron chi connectivity index (χ1n) is 4.84. The third-order valence-corrected chi connectivity index (χ3v) is 2.96. The molecule has 0 heterocycles. The largest absolute Gasteiger partial charge is 0.340 e. The van der Waals surface area contributed by atoms with E-state index < -0.39 is 0 Å². The van der Waals surface area contributed by atoms with Gasteiger partial charge in [-0.3, -0.25) is 4.79 Å². The van der Waals surface area contributed by atoms with E-state index >= 15 is 0 Å². The van der Waals surface area contributed by atoms with E-state index in [0.717, 1.165) is 0 Å². The SMILES string of the molecule is CCC(Br)C(=O)N(CCC#N)CCC#N. The molecule has 1 atom stereocenters. The standard InChI is InChI=1S/C10H14BrN3O/c1-2-9(11)10(15)14(7-3-5-12)8-4-6-13/h9H,2-4,7-8H2,1H3. The van der Waals surface area contributed by atoms with Gasteiger partial charge in [0.05, 0.1) is 29.8 Å². The molecule has 1 unspecified atom stereocenters. The molecule has 0 N–H and O–H groups in total. The van der Waals surface area contributed by atoms with Gasteiger partial charge in [-0.05, 0) is 6.42 Å². The zero-order valence-electron chi connectivity index (χ0n) is 8.74. The van der Waals surface area contributed by atoms with Gasteiger partial charge in [0, 0.05) is 13.1 Å². The van der Waals surface area contributed by atoms with Crippen molar-refractivity contribution in [2.75, 3.05) is 13.1 Å². The molecule has 0 aromatic carbocycles. The van der Waals surface area contributed by atoms with E-state index in [2.05, 4.69) is 15.9 Å². The monoisotopic (exact) mass is 271 g/mol. The van der Waals surface area contributed by atoms with Gasteiger partial charge in [0.1, 0.15) is 0 Å². The van der Waals surface area contributed by atoms with E-state index in [1.165, 1.54) is 0 Å². The maximum absolute atomic E-state index is 11.7. The minimum absolute atomic E-state index is 0.0389. The van der Waals surface area contributed by atoms with Crippen LogP contribution in [-0.4, -0.2) is 28.7 Å². The van der Waals surface area contributed by atoms with Crippen LogP contribution in [0.1, 0.15) is 26.2 Å². The Labute approximate surface area is 98.6 Å². The summed E-state index contributed by atoms with van der Waals surface area (Å²) in [6.07, 6.45) is 1.32. The van der Waals surface area contributed by atoms with Crippen molar-refractivity contribution in [1.29, 1.82) is 10.5 Å². The van der Waals surface area contributed by atoms with E-state index in [1.54, 1.807) is 4.90 Å². The Kier molecular flexibility index (Phi) is 7.67. The van der Waals surface area contributed by atoms with Crippen molar-refractivity contribution in [1.82, 2.24) is 4.90 Å². The van der Waals surface area contributed by atoms with E-state index in [1.807, 2.05) is 19.1 Å². The second-order valence-electron chi connectivity index (χ2n) is 3.02. The summed E-state index contributed by atoms with van der Waals surface area (Å²) in [5.74, 6) is -0.0389. The molecule has 1 amide bonds. The maximum Gasteiger partial charge on any atom is 0.236 e. The Balaban J connectivity index is 4.28. The Morgan fingerprint density at radius 2 is 1.80 bits per heavy atom. The molecule has 4 nitrogen and oxygen atoms in total. The van der Waals surface area contributed by atoms with Gasteiger partial charge in [-0.15, -0.1) is 0 Å². The number of rotatable bonds is 6. The number of nitrogens with zero attached hydrogens (tertiary/aromatic N) is 3. The average Bonchev–Trinajstić information content (AvgIpc) is 2.27. The zero-order chi connectivity index (χ0) is 11.7. The first-order chi connectivity index (χ1) is 7.17. The predicted octanol–water partition coefficient (Wildman–Crippen LogP) is 1.82. The normalized spacial score (nSPS) is 11.2. The number of halogens is 1. The number of nitriles is 2. The minimum atomic E-state index is -0.213. The molecule has 0 aliphatic heterocycles. The first kappa shape index (κ1) is 13.9. The van der Waals surface area contributed by atoms with Gasteiger partial charge in [0.2, 0.25) is 5.91 Å². The maximum atomic E-state index is 11.7. The van der Waals surface area contributed by atoms with E-state index in [4.69, 9.17) is 10.5 Å². The number of carbonyl (C=O) groups excluding carboxylic acids is 1. The molecular formula is C10H14BrN3O. The predicted molar refractivity (Wildman–Crippen MR) is 60.0 cm³/mol. The summed E-state index contributed by atoms with van der Waals surface area (Å²) in [5.41, 5.74) is 0. The van der Waals surface area contributed by atoms with Crippen molar-refractivity contribution in [3.8, 4) is 12.1 Å². The number of amides is 1. The van der Waals surface area contributed by atoms with Gasteiger partial charge in [0.15, 0.2) is 0 Å². The molecule has 0 spiro atoms. The molecule has 82 valence electrons. The number of hydrogen-bond acceptors (Lipinski definition) is 3. The molecule has 0 aromatic heterocycles. The minimum Gasteiger partial charge on any atom is -0.340 e. The topological polar surface area (TPSA) is 67.9 Å². The van der Waals surface area contributed by atoms with Crippen molar-refractivity contribution in [3.63, 3.8) is 0 Å². The van der Waals surface area contributed by atoms with Crippen LogP contribution < -0.4 is 0 Å². The highest BCUT2D eigenvalue weighted by Gasteiger charge is 2.19. The first-order valence-corrected chi connectivity index (χ1v) is 5.75. The molecule has 0 saturated heterocycles. The van der Waals surface area contributed by atoms with Crippen LogP contribution in [0.15, 0.2) is 0 Å². The van der Waals surface area contributed by atoms with Crippen LogP contribution in [0.25, 0.3) is 0 Å². The van der Waals surface area contributed by atoms with Crippen LogP contribution >= 0.6 is 15.9 Å². The Morgan fingerprint density at radius 1 is 1.33 bits per heavy atom. The van der Waals surface area contributed by atoms with Crippen molar-refractivity contribution >= 4 is 21.8 Å². The summed E-state index contributed by atoms with van der Waals surface area (Å²) in [7, 11) is 0. The molecule has 0 rings (SSSR count). The molecular weight excluding hydrogens is 258 g/mol. The Morgan fingerprint density at radius 3 is 2.13 bits per heavy atom. The lowest BCUT2D eigenvalue weighted by atomic mass is 10.2. The van der Waals surface area contributed by atoms with Crippen molar-refractivity contribution in [2.45, 2.75) is 31.0 Å². The van der Waals surface area contributed by atoms with Crippen LogP contribution in [0, 0.1) is 22.7 Å². The van der Waals surface area contributed by atoms with Gasteiger partial charge >= 0.3 is 0 Å². The summed E-state index contributed by atoms with van der Waals surface area (Å²) in [6.45, 7) is 2.71. The summed E-state index contributed by atoms with van der Waals surface area (Å²) in [6, 6.07) is 3.99. The molecule has 0 bridgehead atoms. The van der Waals surface area contributed by atoms with E-state index in [-0.39, 0.29) is 10.7 Å². The van der Waals surface area contributed by atoms with Gasteiger partial charge < -0.3 is 4.90 Å². The van der Waals surface area contributed by atoms with Crippen molar-refractivity contribution in [2.24, 2.45) is 0 Å². The number of carbonyl (C=O) groups is 1. The van der Waals surface area contributed by atoms with Crippen molar-refractivity contribution < 1.29 is 4.79 Å². The molecule has 0 radical (unpaired) electrons. The lowest BCUT2D eigenvalue weighted by molar-refractivity contribution is -0.130. The lowest BCUT2D eigenvalue weighted by Gasteiger charge is -2.22. The molecule has 0 saturated carbocycles. The van der Waals surface area contributed by atoms with E-state index in [0.29, 0.717) is 32.4 Å². The Hall–Kier alpha value is -1.07. The zero-order valence-corrected chi connectivity index (χ0v) is 10.3.